The number of hydrogen-bond acceptors (Lipinski definition) is 6. The fourth-order valence-electron chi connectivity index (χ4n) is 3.24. The van der Waals surface area contributed by atoms with Gasteiger partial charge in [-0.1, -0.05) is 43.7 Å². The van der Waals surface area contributed by atoms with Gasteiger partial charge in [-0.25, -0.2) is 13.2 Å². The Kier molecular flexibility index (Phi) is 9.61. The number of amides is 1. The quantitative estimate of drug-likeness (QED) is 0.285. The molecule has 0 fully saturated rings. The van der Waals surface area contributed by atoms with Crippen LogP contribution in [0.4, 0.5) is 5.69 Å². The molecule has 0 heterocycles. The number of sulfonamides is 1. The standard InChI is InChI=1S/C27H30N2O6S/c1-3-4-18-34-27(31)22-10-12-23(13-11-22)28-26(30)20-35-24-14-16-25(17-15-24)36(32,33)29(2)19-21-8-6-5-7-9-21/h5-17H,3-4,18-20H2,1-2H3,(H,28,30). The van der Waals surface area contributed by atoms with Crippen molar-refractivity contribution < 1.29 is 27.5 Å². The predicted octanol–water partition coefficient (Wildman–Crippen LogP) is 4.48. The maximum atomic E-state index is 12.8. The monoisotopic (exact) mass is 510 g/mol. The maximum Gasteiger partial charge on any atom is 0.338 e. The number of unbranched alkanes of at least 4 members (excludes halogenated alkanes) is 1. The highest BCUT2D eigenvalue weighted by Gasteiger charge is 2.21. The number of nitrogens with zero attached hydrogens (tertiary/aromatic N) is 1. The average molecular weight is 511 g/mol. The number of ether oxygens (including phenoxy) is 2. The third-order valence-electron chi connectivity index (χ3n) is 5.29. The molecule has 8 nitrogen and oxygen atoms in total. The van der Waals surface area contributed by atoms with E-state index in [1.165, 1.54) is 35.6 Å². The molecule has 0 atom stereocenters. The Hall–Kier alpha value is -3.69. The first-order valence-corrected chi connectivity index (χ1v) is 13.0. The average Bonchev–Trinajstić information content (AvgIpc) is 2.89. The zero-order chi connectivity index (χ0) is 26.0. The fraction of sp³-hybridized carbons (Fsp3) is 0.259. The Morgan fingerprint density at radius 1 is 0.917 bits per heavy atom. The summed E-state index contributed by atoms with van der Waals surface area (Å²) in [6.45, 7) is 2.38. The van der Waals surface area contributed by atoms with E-state index >= 15 is 0 Å². The normalized spacial score (nSPS) is 11.2. The third-order valence-corrected chi connectivity index (χ3v) is 7.10. The molecule has 3 aromatic rings. The lowest BCUT2D eigenvalue weighted by molar-refractivity contribution is -0.118. The van der Waals surface area contributed by atoms with Crippen LogP contribution in [0, 0.1) is 0 Å². The summed E-state index contributed by atoms with van der Waals surface area (Å²) in [6, 6.07) is 21.6. The molecule has 190 valence electrons. The van der Waals surface area contributed by atoms with Gasteiger partial charge < -0.3 is 14.8 Å². The van der Waals surface area contributed by atoms with Crippen LogP contribution in [0.3, 0.4) is 0 Å². The minimum Gasteiger partial charge on any atom is -0.484 e. The number of benzene rings is 3. The molecule has 0 saturated carbocycles. The number of nitrogens with one attached hydrogen (secondary N) is 1. The molecular formula is C27H30N2O6S. The highest BCUT2D eigenvalue weighted by Crippen LogP contribution is 2.20. The second-order valence-corrected chi connectivity index (χ2v) is 10.2. The van der Waals surface area contributed by atoms with Crippen molar-refractivity contribution in [2.24, 2.45) is 0 Å². The van der Waals surface area contributed by atoms with Gasteiger partial charge in [-0.2, -0.15) is 4.31 Å². The summed E-state index contributed by atoms with van der Waals surface area (Å²) in [5.41, 5.74) is 1.80. The molecule has 3 rings (SSSR count). The van der Waals surface area contributed by atoms with Gasteiger partial charge in [-0.3, -0.25) is 4.79 Å². The third kappa shape index (κ3) is 7.66. The Labute approximate surface area is 211 Å². The lowest BCUT2D eigenvalue weighted by atomic mass is 10.2. The molecule has 36 heavy (non-hydrogen) atoms. The summed E-state index contributed by atoms with van der Waals surface area (Å²) in [4.78, 5) is 24.3. The molecule has 0 unspecified atom stereocenters. The van der Waals surface area contributed by atoms with Gasteiger partial charge in [0.25, 0.3) is 5.91 Å². The highest BCUT2D eigenvalue weighted by molar-refractivity contribution is 7.89. The first kappa shape index (κ1) is 26.9. The fourth-order valence-corrected chi connectivity index (χ4v) is 4.40. The van der Waals surface area contributed by atoms with Gasteiger partial charge in [0, 0.05) is 19.3 Å². The van der Waals surface area contributed by atoms with Crippen LogP contribution in [0.1, 0.15) is 35.7 Å². The van der Waals surface area contributed by atoms with Crippen molar-refractivity contribution in [3.05, 3.63) is 90.0 Å². The van der Waals surface area contributed by atoms with E-state index in [2.05, 4.69) is 5.32 Å². The van der Waals surface area contributed by atoms with Crippen LogP contribution in [-0.2, 0) is 26.1 Å². The second kappa shape index (κ2) is 12.9. The Morgan fingerprint density at radius 3 is 2.22 bits per heavy atom. The van der Waals surface area contributed by atoms with Crippen LogP contribution >= 0.6 is 0 Å². The van der Waals surface area contributed by atoms with Gasteiger partial charge in [0.05, 0.1) is 17.1 Å². The molecular weight excluding hydrogens is 480 g/mol. The van der Waals surface area contributed by atoms with Gasteiger partial charge in [0.15, 0.2) is 6.61 Å². The highest BCUT2D eigenvalue weighted by atomic mass is 32.2. The van der Waals surface area contributed by atoms with Crippen LogP contribution in [-0.4, -0.2) is 44.9 Å². The summed E-state index contributed by atoms with van der Waals surface area (Å²) < 4.78 is 37.6. The van der Waals surface area contributed by atoms with Crippen LogP contribution in [0.15, 0.2) is 83.8 Å². The molecule has 0 spiro atoms. The second-order valence-electron chi connectivity index (χ2n) is 8.12. The Balaban J connectivity index is 1.49. The van der Waals surface area contributed by atoms with Crippen LogP contribution in [0.5, 0.6) is 5.75 Å². The molecule has 0 aliphatic heterocycles. The molecule has 0 saturated heterocycles. The first-order valence-electron chi connectivity index (χ1n) is 11.6. The van der Waals surface area contributed by atoms with Gasteiger partial charge >= 0.3 is 5.97 Å². The molecule has 9 heteroatoms. The maximum absolute atomic E-state index is 12.8. The van der Waals surface area contributed by atoms with E-state index < -0.39 is 21.9 Å². The van der Waals surface area contributed by atoms with Crippen molar-refractivity contribution in [2.75, 3.05) is 25.6 Å². The molecule has 0 aromatic heterocycles. The van der Waals surface area contributed by atoms with Crippen molar-refractivity contribution in [1.82, 2.24) is 4.31 Å². The van der Waals surface area contributed by atoms with Gasteiger partial charge in [-0.05, 0) is 60.5 Å². The van der Waals surface area contributed by atoms with E-state index in [-0.39, 0.29) is 18.0 Å². The van der Waals surface area contributed by atoms with E-state index in [0.29, 0.717) is 23.6 Å². The Bertz CT molecular complexity index is 1240. The number of carbonyl (C=O) groups is 2. The summed E-state index contributed by atoms with van der Waals surface area (Å²) in [6.07, 6.45) is 1.75. The summed E-state index contributed by atoms with van der Waals surface area (Å²) in [5, 5.41) is 2.69. The number of anilines is 1. The van der Waals surface area contributed by atoms with E-state index in [0.717, 1.165) is 18.4 Å². The summed E-state index contributed by atoms with van der Waals surface area (Å²) >= 11 is 0. The van der Waals surface area contributed by atoms with Crippen LogP contribution in [0.2, 0.25) is 0 Å². The molecule has 0 radical (unpaired) electrons. The van der Waals surface area contributed by atoms with Crippen molar-refractivity contribution in [2.45, 2.75) is 31.2 Å². The number of esters is 1. The zero-order valence-corrected chi connectivity index (χ0v) is 21.2. The number of hydrogen-bond donors (Lipinski definition) is 1. The van der Waals surface area contributed by atoms with Crippen molar-refractivity contribution in [3.8, 4) is 5.75 Å². The SMILES string of the molecule is CCCCOC(=O)c1ccc(NC(=O)COc2ccc(S(=O)(=O)N(C)Cc3ccccc3)cc2)cc1. The van der Waals surface area contributed by atoms with E-state index in [9.17, 15) is 18.0 Å². The van der Waals surface area contributed by atoms with E-state index in [1.54, 1.807) is 24.3 Å². The lowest BCUT2D eigenvalue weighted by Gasteiger charge is -2.17. The van der Waals surface area contributed by atoms with E-state index in [1.807, 2.05) is 37.3 Å². The van der Waals surface area contributed by atoms with Gasteiger partial charge in [0.2, 0.25) is 10.0 Å². The predicted molar refractivity (Wildman–Crippen MR) is 137 cm³/mol. The molecule has 3 aromatic carbocycles. The van der Waals surface area contributed by atoms with Crippen LogP contribution in [0.25, 0.3) is 0 Å². The molecule has 0 aliphatic rings. The van der Waals surface area contributed by atoms with Crippen molar-refractivity contribution in [1.29, 1.82) is 0 Å². The van der Waals surface area contributed by atoms with Crippen LogP contribution < -0.4 is 10.1 Å². The topological polar surface area (TPSA) is 102 Å². The first-order chi connectivity index (χ1) is 17.3. The molecule has 1 amide bonds. The van der Waals surface area contributed by atoms with Crippen molar-refractivity contribution >= 4 is 27.6 Å². The summed E-state index contributed by atoms with van der Waals surface area (Å²) in [5.74, 6) is -0.436. The number of carbonyl (C=O) groups excluding carboxylic acids is 2. The smallest absolute Gasteiger partial charge is 0.338 e. The van der Waals surface area contributed by atoms with E-state index in [4.69, 9.17) is 9.47 Å². The number of rotatable bonds is 12. The molecule has 1 N–H and O–H groups in total. The van der Waals surface area contributed by atoms with Gasteiger partial charge in [-0.15, -0.1) is 0 Å². The van der Waals surface area contributed by atoms with Crippen molar-refractivity contribution in [3.63, 3.8) is 0 Å². The minimum atomic E-state index is -3.68. The summed E-state index contributed by atoms with van der Waals surface area (Å²) in [7, 11) is -2.15. The zero-order valence-electron chi connectivity index (χ0n) is 20.3. The molecule has 0 bridgehead atoms. The lowest BCUT2D eigenvalue weighted by Crippen LogP contribution is -2.26. The molecule has 0 aliphatic carbocycles. The minimum absolute atomic E-state index is 0.131. The largest absolute Gasteiger partial charge is 0.484 e. The van der Waals surface area contributed by atoms with Gasteiger partial charge in [0.1, 0.15) is 5.75 Å². The Morgan fingerprint density at radius 2 is 1.58 bits per heavy atom.